The number of carbonyl (C=O) groups excluding carboxylic acids is 1. The maximum Gasteiger partial charge on any atom is 0.248 e. The van der Waals surface area contributed by atoms with Crippen LogP contribution in [0.25, 0.3) is 0 Å². The van der Waals surface area contributed by atoms with Gasteiger partial charge in [0.15, 0.2) is 11.5 Å². The average molecular weight is 511 g/mol. The number of amides is 1. The van der Waals surface area contributed by atoms with Gasteiger partial charge in [-0.25, -0.2) is 13.4 Å². The van der Waals surface area contributed by atoms with E-state index >= 15 is 0 Å². The predicted octanol–water partition coefficient (Wildman–Crippen LogP) is 3.39. The lowest BCUT2D eigenvalue weighted by Gasteiger charge is -2.41. The van der Waals surface area contributed by atoms with Crippen LogP contribution in [0.3, 0.4) is 0 Å². The Balaban J connectivity index is 1.57. The first-order chi connectivity index (χ1) is 17.1. The normalized spacial score (nSPS) is 18.9. The lowest BCUT2D eigenvalue weighted by Crippen LogP contribution is -2.52. The van der Waals surface area contributed by atoms with Crippen molar-refractivity contribution in [2.45, 2.75) is 44.0 Å². The standard InChI is InChI=1S/C26H30N4O5S/c1-26(2)16-22(19-8-9-23(34-3)24(15-19)35-4)28-30(25(26)31)20-10-12-29(13-11-20)36(32,33)21-7-5-6-18(14-21)17-27/h5-9,14-15,20H,10-13,16H2,1-4H3. The van der Waals surface area contributed by atoms with Crippen LogP contribution < -0.4 is 9.47 Å². The minimum Gasteiger partial charge on any atom is -0.493 e. The third kappa shape index (κ3) is 4.81. The maximum atomic E-state index is 13.3. The second-order valence-electron chi connectivity index (χ2n) is 9.60. The van der Waals surface area contributed by atoms with Gasteiger partial charge in [0.2, 0.25) is 15.9 Å². The van der Waals surface area contributed by atoms with Crippen LogP contribution in [0, 0.1) is 16.7 Å². The third-order valence-electron chi connectivity index (χ3n) is 6.71. The van der Waals surface area contributed by atoms with E-state index in [2.05, 4.69) is 0 Å². The molecule has 2 aromatic carbocycles. The highest BCUT2D eigenvalue weighted by Crippen LogP contribution is 2.36. The molecule has 2 aromatic rings. The van der Waals surface area contributed by atoms with Gasteiger partial charge >= 0.3 is 0 Å². The molecule has 0 N–H and O–H groups in total. The fraction of sp³-hybridized carbons (Fsp3) is 0.423. The monoisotopic (exact) mass is 510 g/mol. The fourth-order valence-corrected chi connectivity index (χ4v) is 6.16. The van der Waals surface area contributed by atoms with Crippen LogP contribution in [0.1, 0.15) is 44.2 Å². The summed E-state index contributed by atoms with van der Waals surface area (Å²) in [6, 6.07) is 13.4. The SMILES string of the molecule is COc1ccc(C2=NN(C3CCN(S(=O)(=O)c4cccc(C#N)c4)CC3)C(=O)C(C)(C)C2)cc1OC. The van der Waals surface area contributed by atoms with Gasteiger partial charge in [0, 0.05) is 25.1 Å². The zero-order chi connectivity index (χ0) is 26.1. The number of hydrogen-bond donors (Lipinski definition) is 0. The molecule has 1 amide bonds. The van der Waals surface area contributed by atoms with Crippen LogP contribution in [-0.2, 0) is 14.8 Å². The number of hydrazone groups is 1. The number of ether oxygens (including phenoxy) is 2. The first-order valence-corrected chi connectivity index (χ1v) is 13.2. The average Bonchev–Trinajstić information content (AvgIpc) is 2.89. The maximum absolute atomic E-state index is 13.3. The summed E-state index contributed by atoms with van der Waals surface area (Å²) >= 11 is 0. The Morgan fingerprint density at radius 3 is 2.39 bits per heavy atom. The van der Waals surface area contributed by atoms with Gasteiger partial charge in [-0.05, 0) is 49.2 Å². The van der Waals surface area contributed by atoms with E-state index in [-0.39, 0.29) is 29.9 Å². The second-order valence-corrected chi connectivity index (χ2v) is 11.5. The minimum atomic E-state index is -3.74. The Morgan fingerprint density at radius 1 is 1.06 bits per heavy atom. The first-order valence-electron chi connectivity index (χ1n) is 11.7. The van der Waals surface area contributed by atoms with E-state index in [1.54, 1.807) is 31.4 Å². The number of sulfonamides is 1. The molecule has 2 aliphatic heterocycles. The molecule has 2 heterocycles. The Bertz CT molecular complexity index is 1340. The second kappa shape index (κ2) is 9.91. The zero-order valence-corrected chi connectivity index (χ0v) is 21.7. The van der Waals surface area contributed by atoms with Gasteiger partial charge < -0.3 is 9.47 Å². The first kappa shape index (κ1) is 25.7. The Morgan fingerprint density at radius 2 is 1.75 bits per heavy atom. The van der Waals surface area contributed by atoms with Gasteiger partial charge in [0.05, 0.1) is 47.9 Å². The molecular weight excluding hydrogens is 480 g/mol. The molecule has 0 spiro atoms. The van der Waals surface area contributed by atoms with E-state index in [1.165, 1.54) is 16.4 Å². The molecule has 36 heavy (non-hydrogen) atoms. The van der Waals surface area contributed by atoms with Crippen LogP contribution in [0.2, 0.25) is 0 Å². The van der Waals surface area contributed by atoms with E-state index in [9.17, 15) is 13.2 Å². The summed E-state index contributed by atoms with van der Waals surface area (Å²) in [5.74, 6) is 1.12. The predicted molar refractivity (Wildman–Crippen MR) is 134 cm³/mol. The summed E-state index contributed by atoms with van der Waals surface area (Å²) < 4.78 is 38.5. The van der Waals surface area contributed by atoms with Gasteiger partial charge in [0.25, 0.3) is 0 Å². The number of hydrogen-bond acceptors (Lipinski definition) is 7. The van der Waals surface area contributed by atoms with Crippen LogP contribution in [0.15, 0.2) is 52.5 Å². The van der Waals surface area contributed by atoms with Crippen LogP contribution in [0.4, 0.5) is 0 Å². The molecule has 2 aliphatic rings. The molecule has 9 nitrogen and oxygen atoms in total. The van der Waals surface area contributed by atoms with Gasteiger partial charge in [-0.1, -0.05) is 19.9 Å². The van der Waals surface area contributed by atoms with Gasteiger partial charge in [-0.2, -0.15) is 14.7 Å². The lowest BCUT2D eigenvalue weighted by atomic mass is 9.82. The number of piperidine rings is 1. The van der Waals surface area contributed by atoms with Crippen molar-refractivity contribution in [1.29, 1.82) is 5.26 Å². The molecule has 1 fully saturated rings. The smallest absolute Gasteiger partial charge is 0.248 e. The molecule has 190 valence electrons. The van der Waals surface area contributed by atoms with E-state index in [1.807, 2.05) is 38.1 Å². The highest BCUT2D eigenvalue weighted by atomic mass is 32.2. The molecule has 1 saturated heterocycles. The molecule has 4 rings (SSSR count). The van der Waals surface area contributed by atoms with E-state index in [0.717, 1.165) is 11.3 Å². The number of carbonyl (C=O) groups is 1. The lowest BCUT2D eigenvalue weighted by molar-refractivity contribution is -0.144. The summed E-state index contributed by atoms with van der Waals surface area (Å²) in [6.07, 6.45) is 1.39. The molecule has 0 bridgehead atoms. The van der Waals surface area contributed by atoms with Crippen molar-refractivity contribution in [1.82, 2.24) is 9.31 Å². The zero-order valence-electron chi connectivity index (χ0n) is 20.9. The number of nitriles is 1. The third-order valence-corrected chi connectivity index (χ3v) is 8.61. The van der Waals surface area contributed by atoms with Crippen molar-refractivity contribution < 1.29 is 22.7 Å². The molecule has 0 saturated carbocycles. The van der Waals surface area contributed by atoms with E-state index in [4.69, 9.17) is 19.8 Å². The number of rotatable bonds is 6. The Kier molecular flexibility index (Phi) is 7.07. The molecule has 0 aromatic heterocycles. The number of benzene rings is 2. The summed E-state index contributed by atoms with van der Waals surface area (Å²) in [7, 11) is -0.589. The quantitative estimate of drug-likeness (QED) is 0.589. The molecule has 0 atom stereocenters. The molecule has 0 aliphatic carbocycles. The molecular formula is C26H30N4O5S. The highest BCUT2D eigenvalue weighted by molar-refractivity contribution is 7.89. The summed E-state index contributed by atoms with van der Waals surface area (Å²) in [5.41, 5.74) is 1.24. The van der Waals surface area contributed by atoms with E-state index < -0.39 is 15.4 Å². The topological polar surface area (TPSA) is 112 Å². The van der Waals surface area contributed by atoms with Crippen molar-refractivity contribution >= 4 is 21.6 Å². The summed E-state index contributed by atoms with van der Waals surface area (Å²) in [5, 5.41) is 15.4. The number of nitrogens with zero attached hydrogens (tertiary/aromatic N) is 4. The van der Waals surface area contributed by atoms with Crippen molar-refractivity contribution in [2.75, 3.05) is 27.3 Å². The minimum absolute atomic E-state index is 0.0743. The summed E-state index contributed by atoms with van der Waals surface area (Å²) in [4.78, 5) is 13.4. The largest absolute Gasteiger partial charge is 0.493 e. The van der Waals surface area contributed by atoms with Crippen molar-refractivity contribution in [2.24, 2.45) is 10.5 Å². The van der Waals surface area contributed by atoms with Gasteiger partial charge in [0.1, 0.15) is 0 Å². The van der Waals surface area contributed by atoms with Crippen molar-refractivity contribution in [3.63, 3.8) is 0 Å². The molecule has 0 radical (unpaired) electrons. The molecule has 10 heteroatoms. The Hall–Kier alpha value is -3.42. The fourth-order valence-electron chi connectivity index (χ4n) is 4.64. The Labute approximate surface area is 212 Å². The van der Waals surface area contributed by atoms with Crippen molar-refractivity contribution in [3.8, 4) is 17.6 Å². The molecule has 0 unspecified atom stereocenters. The van der Waals surface area contributed by atoms with Crippen LogP contribution in [-0.4, -0.2) is 62.7 Å². The summed E-state index contributed by atoms with van der Waals surface area (Å²) in [6.45, 7) is 4.32. The van der Waals surface area contributed by atoms with E-state index in [0.29, 0.717) is 36.3 Å². The number of methoxy groups -OCH3 is 2. The van der Waals surface area contributed by atoms with Crippen LogP contribution in [0.5, 0.6) is 11.5 Å². The van der Waals surface area contributed by atoms with Crippen molar-refractivity contribution in [3.05, 3.63) is 53.6 Å². The van der Waals surface area contributed by atoms with Gasteiger partial charge in [-0.15, -0.1) is 0 Å². The highest BCUT2D eigenvalue weighted by Gasteiger charge is 2.42. The van der Waals surface area contributed by atoms with Crippen LogP contribution >= 0.6 is 0 Å². The van der Waals surface area contributed by atoms with Gasteiger partial charge in [-0.3, -0.25) is 4.79 Å².